The van der Waals surface area contributed by atoms with Crippen molar-refractivity contribution in [3.05, 3.63) is 35.0 Å². The second-order valence-electron chi connectivity index (χ2n) is 22.8. The maximum absolute atomic E-state index is 14.2. The standard InChI is InChI=1S/C49H71N3O8S/c1-29(2)39-34(53)27-49(20-21-50-41(54)30-10-13-38(51-28-30)52-22-24-61(58,59)25-23-52)19-18-47(8)31(40(39)49)11-12-36-46(7)16-15-37(45(5,6)35(46)14-17-48(36,47)9)60-43(57)33-26-32(42(55)56)44(33,3)4/h10,13,28-29,31-33,35-37H,11-12,14-27H2,1-9H3,(H,50,54)(H,55,56)/t31-,32+,33-,35+,36-,37+,46+,47-,48-,49-/m1/s1. The van der Waals surface area contributed by atoms with Gasteiger partial charge in [-0.25, -0.2) is 13.4 Å². The molecule has 12 heteroatoms. The van der Waals surface area contributed by atoms with Gasteiger partial charge in [0.2, 0.25) is 0 Å². The van der Waals surface area contributed by atoms with Crippen LogP contribution in [0.3, 0.4) is 0 Å². The molecule has 0 unspecified atom stereocenters. The number of carboxylic acid groups (broad SMARTS) is 1. The molecule has 10 atom stereocenters. The lowest BCUT2D eigenvalue weighted by Gasteiger charge is -2.72. The van der Waals surface area contributed by atoms with Crippen molar-refractivity contribution in [3.8, 4) is 0 Å². The van der Waals surface area contributed by atoms with Crippen molar-refractivity contribution in [2.75, 3.05) is 36.0 Å². The summed E-state index contributed by atoms with van der Waals surface area (Å²) in [6.45, 7) is 21.7. The van der Waals surface area contributed by atoms with Crippen LogP contribution >= 0.6 is 0 Å². The number of hydrogen-bond acceptors (Lipinski definition) is 9. The van der Waals surface area contributed by atoms with Gasteiger partial charge in [-0.05, 0) is 127 Å². The summed E-state index contributed by atoms with van der Waals surface area (Å²) in [4.78, 5) is 59.5. The van der Waals surface area contributed by atoms with E-state index in [0.717, 1.165) is 63.4 Å². The lowest BCUT2D eigenvalue weighted by atomic mass is 9.33. The topological polar surface area (TPSA) is 160 Å². The van der Waals surface area contributed by atoms with Gasteiger partial charge in [0.05, 0.1) is 28.9 Å². The molecule has 61 heavy (non-hydrogen) atoms. The molecule has 0 radical (unpaired) electrons. The summed E-state index contributed by atoms with van der Waals surface area (Å²) in [6, 6.07) is 3.55. The number of anilines is 1. The zero-order chi connectivity index (χ0) is 44.3. The molecule has 6 fully saturated rings. The predicted molar refractivity (Wildman–Crippen MR) is 234 cm³/mol. The van der Waals surface area contributed by atoms with Gasteiger partial charge >= 0.3 is 11.9 Å². The quantitative estimate of drug-likeness (QED) is 0.233. The number of amides is 1. The zero-order valence-corrected chi connectivity index (χ0v) is 39.0. The van der Waals surface area contributed by atoms with E-state index in [-0.39, 0.29) is 68.3 Å². The predicted octanol–water partition coefficient (Wildman–Crippen LogP) is 8.08. The van der Waals surface area contributed by atoms with Gasteiger partial charge in [-0.2, -0.15) is 0 Å². The van der Waals surface area contributed by atoms with E-state index in [9.17, 15) is 32.7 Å². The van der Waals surface area contributed by atoms with Crippen molar-refractivity contribution in [1.82, 2.24) is 10.3 Å². The van der Waals surface area contributed by atoms with Gasteiger partial charge in [0.25, 0.3) is 5.91 Å². The van der Waals surface area contributed by atoms with Crippen LogP contribution in [0.25, 0.3) is 0 Å². The first-order chi connectivity index (χ1) is 28.4. The second-order valence-corrected chi connectivity index (χ2v) is 25.1. The number of nitrogens with one attached hydrogen (secondary N) is 1. The van der Waals surface area contributed by atoms with Gasteiger partial charge in [0.15, 0.2) is 15.6 Å². The number of ketones is 1. The maximum Gasteiger partial charge on any atom is 0.309 e. The molecule has 5 saturated carbocycles. The Balaban J connectivity index is 0.975. The summed E-state index contributed by atoms with van der Waals surface area (Å²) >= 11 is 0. The molecule has 0 spiro atoms. The Morgan fingerprint density at radius 2 is 1.59 bits per heavy atom. The van der Waals surface area contributed by atoms with E-state index in [1.807, 2.05) is 18.7 Å². The number of nitrogens with zero attached hydrogens (tertiary/aromatic N) is 2. The van der Waals surface area contributed by atoms with Crippen LogP contribution < -0.4 is 10.2 Å². The molecule has 2 N–H and O–H groups in total. The highest BCUT2D eigenvalue weighted by Gasteiger charge is 2.70. The Bertz CT molecular complexity index is 2110. The molecule has 11 nitrogen and oxygen atoms in total. The molecule has 1 aliphatic heterocycles. The normalized spacial score (nSPS) is 39.6. The smallest absolute Gasteiger partial charge is 0.309 e. The molecule has 6 aliphatic carbocycles. The number of rotatable bonds is 9. The molecule has 1 aromatic rings. The largest absolute Gasteiger partial charge is 0.481 e. The number of carbonyl (C=O) groups excluding carboxylic acids is 3. The molecule has 7 aliphatic rings. The molecule has 2 heterocycles. The van der Waals surface area contributed by atoms with Crippen LogP contribution in [0.15, 0.2) is 29.5 Å². The third-order valence-electron chi connectivity index (χ3n) is 19.2. The molecular formula is C49H71N3O8S. The Morgan fingerprint density at radius 3 is 2.21 bits per heavy atom. The fourth-order valence-electron chi connectivity index (χ4n) is 15.4. The molecule has 336 valence electrons. The number of carbonyl (C=O) groups is 4. The number of hydrogen-bond donors (Lipinski definition) is 2. The summed E-state index contributed by atoms with van der Waals surface area (Å²) in [7, 11) is -3.01. The Morgan fingerprint density at radius 1 is 0.885 bits per heavy atom. The Kier molecular flexibility index (Phi) is 10.8. The summed E-state index contributed by atoms with van der Waals surface area (Å²) < 4.78 is 30.2. The van der Waals surface area contributed by atoms with E-state index < -0.39 is 33.1 Å². The Hall–Kier alpha value is -3.28. The maximum atomic E-state index is 14.2. The first kappa shape index (κ1) is 44.3. The fourth-order valence-corrected chi connectivity index (χ4v) is 16.6. The third-order valence-corrected chi connectivity index (χ3v) is 20.8. The van der Waals surface area contributed by atoms with E-state index in [1.165, 1.54) is 5.57 Å². The van der Waals surface area contributed by atoms with Crippen LogP contribution in [0, 0.1) is 68.0 Å². The van der Waals surface area contributed by atoms with Crippen LogP contribution in [0.1, 0.15) is 143 Å². The van der Waals surface area contributed by atoms with Crippen LogP contribution in [0.5, 0.6) is 0 Å². The van der Waals surface area contributed by atoms with E-state index in [0.29, 0.717) is 61.6 Å². The van der Waals surface area contributed by atoms with Crippen LogP contribution in [-0.2, 0) is 29.0 Å². The van der Waals surface area contributed by atoms with Crippen molar-refractivity contribution >= 4 is 39.3 Å². The number of esters is 1. The number of sulfone groups is 1. The third kappa shape index (κ3) is 6.83. The summed E-state index contributed by atoms with van der Waals surface area (Å²) in [5, 5.41) is 12.9. The monoisotopic (exact) mass is 861 g/mol. The SMILES string of the molecule is CC(C)C1=C2[C@H]3CC[C@@H]4[C@@]5(C)CC[C@H](OC(=O)[C@H]6C[C@@H](C(=O)O)C6(C)C)C(C)(C)[C@@H]5CC[C@@]4(C)[C@]3(C)CC[C@@]2(CCNC(=O)c2ccc(N3CCS(=O)(=O)CC3)nc2)CC1=O. The minimum atomic E-state index is -3.01. The van der Waals surface area contributed by atoms with Crippen molar-refractivity contribution in [3.63, 3.8) is 0 Å². The highest BCUT2D eigenvalue weighted by molar-refractivity contribution is 7.91. The second kappa shape index (κ2) is 14.9. The number of aliphatic carboxylic acids is 1. The van der Waals surface area contributed by atoms with Gasteiger partial charge in [-0.3, -0.25) is 19.2 Å². The number of pyridine rings is 1. The number of Topliss-reactive ketones (excluding diaryl/α,β-unsaturated/α-hetero) is 1. The van der Waals surface area contributed by atoms with Crippen molar-refractivity contribution < 1.29 is 37.4 Å². The number of aromatic nitrogens is 1. The van der Waals surface area contributed by atoms with Gasteiger partial charge in [0, 0.05) is 43.1 Å². The first-order valence-electron chi connectivity index (χ1n) is 23.3. The van der Waals surface area contributed by atoms with Gasteiger partial charge in [-0.15, -0.1) is 0 Å². The molecule has 1 aromatic heterocycles. The molecule has 1 amide bonds. The average molecular weight is 862 g/mol. The van der Waals surface area contributed by atoms with E-state index >= 15 is 0 Å². The number of fused-ring (bicyclic) bond motifs is 7. The van der Waals surface area contributed by atoms with Gasteiger partial charge in [-0.1, -0.05) is 67.9 Å². The van der Waals surface area contributed by atoms with Gasteiger partial charge < -0.3 is 20.1 Å². The Labute approximate surface area is 363 Å². The number of allylic oxidation sites excluding steroid dienone is 2. The van der Waals surface area contributed by atoms with E-state index in [2.05, 4.69) is 58.8 Å². The van der Waals surface area contributed by atoms with E-state index in [4.69, 9.17) is 4.74 Å². The summed E-state index contributed by atoms with van der Waals surface area (Å²) in [5.74, 6) is 0.294. The molecule has 0 bridgehead atoms. The van der Waals surface area contributed by atoms with Crippen LogP contribution in [-0.4, -0.2) is 79.4 Å². The minimum Gasteiger partial charge on any atom is -0.481 e. The minimum absolute atomic E-state index is 0.00659. The highest BCUT2D eigenvalue weighted by Crippen LogP contribution is 2.77. The van der Waals surface area contributed by atoms with Crippen molar-refractivity contribution in [2.24, 2.45) is 68.0 Å². The molecule has 1 saturated heterocycles. The lowest BCUT2D eigenvalue weighted by molar-refractivity contribution is -0.236. The first-order valence-corrected chi connectivity index (χ1v) is 25.1. The molecule has 8 rings (SSSR count). The molecular weight excluding hydrogens is 791 g/mol. The number of ether oxygens (including phenoxy) is 1. The van der Waals surface area contributed by atoms with Crippen LogP contribution in [0.4, 0.5) is 5.82 Å². The van der Waals surface area contributed by atoms with Crippen molar-refractivity contribution in [1.29, 1.82) is 0 Å². The van der Waals surface area contributed by atoms with Crippen LogP contribution in [0.2, 0.25) is 0 Å². The summed E-state index contributed by atoms with van der Waals surface area (Å²) in [6.07, 6.45) is 11.0. The zero-order valence-electron chi connectivity index (χ0n) is 38.2. The summed E-state index contributed by atoms with van der Waals surface area (Å²) in [5.41, 5.74) is 1.93. The average Bonchev–Trinajstić information content (AvgIpc) is 3.47. The fraction of sp³-hybridized carbons (Fsp3) is 0.776. The number of carboxylic acids is 1. The molecule has 0 aromatic carbocycles. The van der Waals surface area contributed by atoms with Crippen molar-refractivity contribution in [2.45, 2.75) is 139 Å². The highest BCUT2D eigenvalue weighted by atomic mass is 32.2. The van der Waals surface area contributed by atoms with Gasteiger partial charge in [0.1, 0.15) is 11.9 Å². The van der Waals surface area contributed by atoms with E-state index in [1.54, 1.807) is 18.3 Å². The lowest BCUT2D eigenvalue weighted by Crippen LogP contribution is -2.66.